The van der Waals surface area contributed by atoms with Gasteiger partial charge in [-0.05, 0) is 44.9 Å². The van der Waals surface area contributed by atoms with Crippen molar-refractivity contribution >= 4 is 5.91 Å². The molecular weight excluding hydrogens is 228 g/mol. The normalized spacial score (nSPS) is 39.6. The van der Waals surface area contributed by atoms with Gasteiger partial charge < -0.3 is 15.4 Å². The first kappa shape index (κ1) is 12.4. The van der Waals surface area contributed by atoms with Gasteiger partial charge in [-0.25, -0.2) is 0 Å². The minimum absolute atomic E-state index is 0.164. The van der Waals surface area contributed by atoms with Gasteiger partial charge >= 0.3 is 0 Å². The van der Waals surface area contributed by atoms with Crippen molar-refractivity contribution in [3.63, 3.8) is 0 Å². The van der Waals surface area contributed by atoms with E-state index in [1.54, 1.807) is 0 Å². The molecule has 3 atom stereocenters. The molecule has 0 aromatic carbocycles. The number of piperidine rings is 1. The van der Waals surface area contributed by atoms with E-state index in [4.69, 9.17) is 4.74 Å². The van der Waals surface area contributed by atoms with Crippen LogP contribution < -0.4 is 10.6 Å². The molecule has 0 radical (unpaired) electrons. The molecule has 18 heavy (non-hydrogen) atoms. The van der Waals surface area contributed by atoms with Crippen LogP contribution >= 0.6 is 0 Å². The lowest BCUT2D eigenvalue weighted by molar-refractivity contribution is -0.125. The molecular formula is C14H24N2O2. The van der Waals surface area contributed by atoms with Crippen molar-refractivity contribution < 1.29 is 9.53 Å². The quantitative estimate of drug-likeness (QED) is 0.797. The number of ether oxygens (including phenoxy) is 1. The Balaban J connectivity index is 1.43. The monoisotopic (exact) mass is 252 g/mol. The smallest absolute Gasteiger partial charge is 0.222 e. The predicted octanol–water partition coefficient (Wildman–Crippen LogP) is 1.34. The van der Waals surface area contributed by atoms with Gasteiger partial charge in [-0.2, -0.15) is 0 Å². The Kier molecular flexibility index (Phi) is 3.85. The Bertz CT molecular complexity index is 290. The summed E-state index contributed by atoms with van der Waals surface area (Å²) in [4.78, 5) is 12.0. The zero-order chi connectivity index (χ0) is 12.4. The number of rotatable bonds is 3. The van der Waals surface area contributed by atoms with Crippen molar-refractivity contribution in [2.75, 3.05) is 6.61 Å². The Morgan fingerprint density at radius 3 is 2.61 bits per heavy atom. The van der Waals surface area contributed by atoms with Gasteiger partial charge in [0.2, 0.25) is 5.91 Å². The molecule has 3 saturated heterocycles. The van der Waals surface area contributed by atoms with E-state index < -0.39 is 0 Å². The van der Waals surface area contributed by atoms with Crippen LogP contribution in [0.4, 0.5) is 0 Å². The molecule has 3 rings (SSSR count). The predicted molar refractivity (Wildman–Crippen MR) is 69.3 cm³/mol. The molecule has 0 aliphatic carbocycles. The molecule has 0 spiro atoms. The molecule has 4 heteroatoms. The number of amides is 1. The van der Waals surface area contributed by atoms with E-state index >= 15 is 0 Å². The fraction of sp³-hybridized carbons (Fsp3) is 0.929. The number of fused-ring (bicyclic) bond motifs is 2. The topological polar surface area (TPSA) is 50.4 Å². The minimum Gasteiger partial charge on any atom is -0.378 e. The molecule has 3 fully saturated rings. The van der Waals surface area contributed by atoms with Gasteiger partial charge in [0.25, 0.3) is 0 Å². The Hall–Kier alpha value is -0.610. The number of carbonyl (C=O) groups excluding carboxylic acids is 1. The van der Waals surface area contributed by atoms with Crippen molar-refractivity contribution in [1.82, 2.24) is 10.6 Å². The number of hydrogen-bond donors (Lipinski definition) is 2. The van der Waals surface area contributed by atoms with E-state index in [1.165, 1.54) is 19.3 Å². The second kappa shape index (κ2) is 5.57. The second-order valence-electron chi connectivity index (χ2n) is 6.07. The van der Waals surface area contributed by atoms with Crippen LogP contribution in [0, 0.1) is 0 Å². The molecule has 3 unspecified atom stereocenters. The molecule has 3 aliphatic rings. The molecule has 1 amide bonds. The summed E-state index contributed by atoms with van der Waals surface area (Å²) in [5, 5.41) is 6.81. The van der Waals surface area contributed by atoms with Crippen molar-refractivity contribution in [3.8, 4) is 0 Å². The van der Waals surface area contributed by atoms with Crippen molar-refractivity contribution in [1.29, 1.82) is 0 Å². The van der Waals surface area contributed by atoms with Crippen molar-refractivity contribution in [2.45, 2.75) is 75.6 Å². The van der Waals surface area contributed by atoms with Gasteiger partial charge in [0.15, 0.2) is 0 Å². The zero-order valence-electron chi connectivity index (χ0n) is 11.0. The number of nitrogens with one attached hydrogen (secondary N) is 2. The molecule has 0 aromatic rings. The third-order valence-electron chi connectivity index (χ3n) is 4.53. The lowest BCUT2D eigenvalue weighted by Crippen LogP contribution is -2.48. The van der Waals surface area contributed by atoms with E-state index in [9.17, 15) is 4.79 Å². The molecule has 2 bridgehead atoms. The highest BCUT2D eigenvalue weighted by atomic mass is 16.5. The Labute approximate surface area is 109 Å². The molecule has 2 N–H and O–H groups in total. The van der Waals surface area contributed by atoms with E-state index in [0.717, 1.165) is 32.3 Å². The van der Waals surface area contributed by atoms with E-state index in [-0.39, 0.29) is 12.0 Å². The summed E-state index contributed by atoms with van der Waals surface area (Å²) in [5.41, 5.74) is 0. The van der Waals surface area contributed by atoms with Crippen LogP contribution in [0.3, 0.4) is 0 Å². The average Bonchev–Trinajstić information content (AvgIpc) is 2.70. The maximum Gasteiger partial charge on any atom is 0.222 e. The van der Waals surface area contributed by atoms with Crippen LogP contribution in [0.1, 0.15) is 51.4 Å². The largest absolute Gasteiger partial charge is 0.378 e. The molecule has 3 heterocycles. The summed E-state index contributed by atoms with van der Waals surface area (Å²) >= 11 is 0. The number of hydrogen-bond acceptors (Lipinski definition) is 3. The summed E-state index contributed by atoms with van der Waals surface area (Å²) < 4.78 is 5.62. The lowest BCUT2D eigenvalue weighted by atomic mass is 9.99. The fourth-order valence-corrected chi connectivity index (χ4v) is 3.64. The van der Waals surface area contributed by atoms with Crippen LogP contribution in [0.25, 0.3) is 0 Å². The summed E-state index contributed by atoms with van der Waals surface area (Å²) in [6.07, 6.45) is 8.89. The van der Waals surface area contributed by atoms with Crippen molar-refractivity contribution in [2.24, 2.45) is 0 Å². The van der Waals surface area contributed by atoms with Gasteiger partial charge in [0, 0.05) is 24.7 Å². The maximum atomic E-state index is 12.0. The molecule has 102 valence electrons. The van der Waals surface area contributed by atoms with Gasteiger partial charge in [-0.1, -0.05) is 0 Å². The first-order valence-corrected chi connectivity index (χ1v) is 7.46. The van der Waals surface area contributed by atoms with Gasteiger partial charge in [-0.3, -0.25) is 4.79 Å². The summed E-state index contributed by atoms with van der Waals surface area (Å²) in [5.74, 6) is 0.188. The summed E-state index contributed by atoms with van der Waals surface area (Å²) in [7, 11) is 0. The maximum absolute atomic E-state index is 12.0. The number of carbonyl (C=O) groups is 1. The van der Waals surface area contributed by atoms with Crippen molar-refractivity contribution in [3.05, 3.63) is 0 Å². The van der Waals surface area contributed by atoms with Gasteiger partial charge in [0.1, 0.15) is 0 Å². The SMILES string of the molecule is O=C(CC1CCCCO1)NC1CC2CCC(C1)N2. The van der Waals surface area contributed by atoms with Crippen LogP contribution in [-0.2, 0) is 9.53 Å². The zero-order valence-corrected chi connectivity index (χ0v) is 11.0. The van der Waals surface area contributed by atoms with Crippen LogP contribution in [0.15, 0.2) is 0 Å². The van der Waals surface area contributed by atoms with Gasteiger partial charge in [0.05, 0.1) is 12.5 Å². The molecule has 0 saturated carbocycles. The molecule has 3 aliphatic heterocycles. The minimum atomic E-state index is 0.164. The van der Waals surface area contributed by atoms with E-state index in [1.807, 2.05) is 0 Å². The standard InChI is InChI=1S/C14H24N2O2/c17-14(9-13-3-1-2-6-18-13)16-12-7-10-4-5-11(8-12)15-10/h10-13,15H,1-9H2,(H,16,17). The van der Waals surface area contributed by atoms with E-state index in [0.29, 0.717) is 24.5 Å². The Morgan fingerprint density at radius 2 is 1.94 bits per heavy atom. The highest BCUT2D eigenvalue weighted by Crippen LogP contribution is 2.27. The van der Waals surface area contributed by atoms with E-state index in [2.05, 4.69) is 10.6 Å². The van der Waals surface area contributed by atoms with Crippen LogP contribution in [0.5, 0.6) is 0 Å². The summed E-state index contributed by atoms with van der Waals surface area (Å²) in [6, 6.07) is 1.67. The fourth-order valence-electron chi connectivity index (χ4n) is 3.64. The van der Waals surface area contributed by atoms with Gasteiger partial charge in [-0.15, -0.1) is 0 Å². The molecule has 0 aromatic heterocycles. The highest BCUT2D eigenvalue weighted by molar-refractivity contribution is 5.76. The highest BCUT2D eigenvalue weighted by Gasteiger charge is 2.34. The molecule has 4 nitrogen and oxygen atoms in total. The first-order chi connectivity index (χ1) is 8.79. The summed E-state index contributed by atoms with van der Waals surface area (Å²) in [6.45, 7) is 0.829. The Morgan fingerprint density at radius 1 is 1.17 bits per heavy atom. The average molecular weight is 252 g/mol. The van der Waals surface area contributed by atoms with Crippen LogP contribution in [0.2, 0.25) is 0 Å². The second-order valence-corrected chi connectivity index (χ2v) is 6.07. The van der Waals surface area contributed by atoms with Crippen LogP contribution in [-0.4, -0.2) is 36.7 Å². The lowest BCUT2D eigenvalue weighted by Gasteiger charge is -2.30. The third kappa shape index (κ3) is 3.04. The third-order valence-corrected chi connectivity index (χ3v) is 4.53. The first-order valence-electron chi connectivity index (χ1n) is 7.46.